The molecule has 3 aromatic heterocycles. The van der Waals surface area contributed by atoms with Crippen molar-refractivity contribution in [2.45, 2.75) is 38.6 Å². The van der Waals surface area contributed by atoms with Crippen molar-refractivity contribution in [1.29, 1.82) is 0 Å². The summed E-state index contributed by atoms with van der Waals surface area (Å²) in [5.41, 5.74) is 0.964. The zero-order valence-electron chi connectivity index (χ0n) is 16.2. The minimum absolute atomic E-state index is 0.210. The number of H-pyrrole nitrogens is 2. The van der Waals surface area contributed by atoms with E-state index in [-0.39, 0.29) is 24.3 Å². The van der Waals surface area contributed by atoms with E-state index < -0.39 is 23.9 Å². The molecule has 11 heteroatoms. The molecule has 0 spiro atoms. The van der Waals surface area contributed by atoms with E-state index in [1.165, 1.54) is 11.3 Å². The van der Waals surface area contributed by atoms with Gasteiger partial charge in [0.25, 0.3) is 11.5 Å². The molecule has 1 unspecified atom stereocenters. The molecule has 3 rings (SSSR count). The van der Waals surface area contributed by atoms with E-state index in [9.17, 15) is 24.3 Å². The molecule has 3 heterocycles. The lowest BCUT2D eigenvalue weighted by atomic mass is 10.0. The molecule has 158 valence electrons. The maximum absolute atomic E-state index is 12.4. The quantitative estimate of drug-likeness (QED) is 0.362. The predicted octanol–water partition coefficient (Wildman–Crippen LogP) is 1.82. The number of hydrogen-bond acceptors (Lipinski definition) is 6. The van der Waals surface area contributed by atoms with Gasteiger partial charge < -0.3 is 25.5 Å². The lowest BCUT2D eigenvalue weighted by Crippen LogP contribution is -2.40. The number of aromatic nitrogens is 3. The highest BCUT2D eigenvalue weighted by Crippen LogP contribution is 2.32. The highest BCUT2D eigenvalue weighted by Gasteiger charge is 2.24. The summed E-state index contributed by atoms with van der Waals surface area (Å²) in [5.74, 6) is -2.74. The molecule has 0 aliphatic heterocycles. The Morgan fingerprint density at radius 3 is 2.67 bits per heavy atom. The molecule has 30 heavy (non-hydrogen) atoms. The summed E-state index contributed by atoms with van der Waals surface area (Å²) in [4.78, 5) is 57.8. The van der Waals surface area contributed by atoms with E-state index in [4.69, 9.17) is 5.11 Å². The molecule has 1 amide bonds. The molecule has 0 saturated carbocycles. The fourth-order valence-electron chi connectivity index (χ4n) is 3.13. The van der Waals surface area contributed by atoms with Crippen molar-refractivity contribution in [3.05, 3.63) is 49.8 Å². The number of amides is 1. The number of carboxylic acids is 2. The van der Waals surface area contributed by atoms with Crippen LogP contribution in [0.3, 0.4) is 0 Å². The average Bonchev–Trinajstić information content (AvgIpc) is 3.31. The number of thiophene rings is 1. The molecule has 0 aromatic carbocycles. The first-order valence-corrected chi connectivity index (χ1v) is 9.92. The summed E-state index contributed by atoms with van der Waals surface area (Å²) in [6, 6.07) is 2.02. The molecule has 0 saturated heterocycles. The number of hydrogen-bond donors (Lipinski definition) is 5. The minimum atomic E-state index is -1.30. The van der Waals surface area contributed by atoms with Crippen molar-refractivity contribution in [3.63, 3.8) is 0 Å². The number of nitrogens with zero attached hydrogens (tertiary/aromatic N) is 1. The van der Waals surface area contributed by atoms with Crippen molar-refractivity contribution in [3.8, 4) is 0 Å². The topological polar surface area (TPSA) is 165 Å². The Labute approximate surface area is 174 Å². The van der Waals surface area contributed by atoms with Crippen LogP contribution in [0.5, 0.6) is 0 Å². The van der Waals surface area contributed by atoms with E-state index in [0.717, 1.165) is 10.4 Å². The lowest BCUT2D eigenvalue weighted by Gasteiger charge is -2.12. The minimum Gasteiger partial charge on any atom is -0.481 e. The van der Waals surface area contributed by atoms with E-state index in [1.54, 1.807) is 25.3 Å². The van der Waals surface area contributed by atoms with Crippen LogP contribution in [0.1, 0.15) is 51.6 Å². The summed E-state index contributed by atoms with van der Waals surface area (Å²) in [5, 5.41) is 20.7. The van der Waals surface area contributed by atoms with Gasteiger partial charge in [-0.25, -0.2) is 9.78 Å². The van der Waals surface area contributed by atoms with Gasteiger partial charge in [-0.2, -0.15) is 0 Å². The Morgan fingerprint density at radius 1 is 1.27 bits per heavy atom. The second kappa shape index (κ2) is 8.49. The van der Waals surface area contributed by atoms with Crippen molar-refractivity contribution >= 4 is 40.2 Å². The second-order valence-corrected chi connectivity index (χ2v) is 7.95. The summed E-state index contributed by atoms with van der Waals surface area (Å²) < 4.78 is 0. The molecule has 0 radical (unpaired) electrons. The summed E-state index contributed by atoms with van der Waals surface area (Å²) in [6.45, 7) is 3.58. The zero-order valence-corrected chi connectivity index (χ0v) is 17.0. The third kappa shape index (κ3) is 4.40. The van der Waals surface area contributed by atoms with E-state index >= 15 is 0 Å². The van der Waals surface area contributed by atoms with Crippen LogP contribution in [0.2, 0.25) is 0 Å². The van der Waals surface area contributed by atoms with Crippen LogP contribution in [0.15, 0.2) is 23.1 Å². The standard InChI is InChI=1S/C19H20N4O6S/c1-8(10-7-20-16-15(10)18(27)22-9(2)21-16)12-4-5-13(30-12)17(26)23-11(19(28)29)3-6-14(24)25/h4-5,7-8,11H,3,6H2,1-2H3,(H,23,26)(H,24,25)(H,28,29)(H2,20,21,22,27)/t8?,11-/m0/s1. The van der Waals surface area contributed by atoms with Crippen molar-refractivity contribution in [1.82, 2.24) is 20.3 Å². The predicted molar refractivity (Wildman–Crippen MR) is 109 cm³/mol. The van der Waals surface area contributed by atoms with Crippen molar-refractivity contribution in [2.24, 2.45) is 0 Å². The fraction of sp³-hybridized carbons (Fsp3) is 0.316. The number of aromatic amines is 2. The largest absolute Gasteiger partial charge is 0.481 e. The van der Waals surface area contributed by atoms with Crippen molar-refractivity contribution < 1.29 is 24.6 Å². The SMILES string of the molecule is Cc1nc2[nH]cc(C(C)c3ccc(C(=O)N[C@@H](CCC(=O)O)C(=O)O)s3)c2c(=O)[nH]1. The maximum atomic E-state index is 12.4. The first-order chi connectivity index (χ1) is 14.2. The molecule has 10 nitrogen and oxygen atoms in total. The van der Waals surface area contributed by atoms with Crippen LogP contribution in [0, 0.1) is 6.92 Å². The van der Waals surface area contributed by atoms with Gasteiger partial charge in [0, 0.05) is 23.4 Å². The molecular formula is C19H20N4O6S. The summed E-state index contributed by atoms with van der Waals surface area (Å²) >= 11 is 1.18. The van der Waals surface area contributed by atoms with Crippen LogP contribution in [-0.4, -0.2) is 49.1 Å². The molecule has 0 fully saturated rings. The molecule has 3 aromatic rings. The Morgan fingerprint density at radius 2 is 2.00 bits per heavy atom. The third-order valence-electron chi connectivity index (χ3n) is 4.69. The number of fused-ring (bicyclic) bond motifs is 1. The number of carbonyl (C=O) groups excluding carboxylic acids is 1. The Kier molecular flexibility index (Phi) is 6.01. The smallest absolute Gasteiger partial charge is 0.326 e. The number of carboxylic acid groups (broad SMARTS) is 2. The number of nitrogens with one attached hydrogen (secondary N) is 3. The molecular weight excluding hydrogens is 412 g/mol. The number of aliphatic carboxylic acids is 2. The van der Waals surface area contributed by atoms with E-state index in [0.29, 0.717) is 21.7 Å². The maximum Gasteiger partial charge on any atom is 0.326 e. The van der Waals surface area contributed by atoms with E-state index in [1.807, 2.05) is 6.92 Å². The monoisotopic (exact) mass is 432 g/mol. The van der Waals surface area contributed by atoms with Crippen LogP contribution in [0.25, 0.3) is 11.0 Å². The Bertz CT molecular complexity index is 1180. The molecule has 0 bridgehead atoms. The first-order valence-electron chi connectivity index (χ1n) is 9.10. The Balaban J connectivity index is 1.80. The second-order valence-electron chi connectivity index (χ2n) is 6.84. The molecule has 2 atom stereocenters. The number of aryl methyl sites for hydroxylation is 1. The van der Waals surface area contributed by atoms with Gasteiger partial charge in [-0.15, -0.1) is 11.3 Å². The fourth-order valence-corrected chi connectivity index (χ4v) is 4.11. The van der Waals surface area contributed by atoms with Gasteiger partial charge in [0.1, 0.15) is 17.5 Å². The van der Waals surface area contributed by atoms with Gasteiger partial charge in [0.2, 0.25) is 0 Å². The lowest BCUT2D eigenvalue weighted by molar-refractivity contribution is -0.140. The molecule has 0 aliphatic rings. The third-order valence-corrected chi connectivity index (χ3v) is 5.95. The Hall–Kier alpha value is -3.47. The highest BCUT2D eigenvalue weighted by atomic mass is 32.1. The number of rotatable bonds is 8. The van der Waals surface area contributed by atoms with Crippen LogP contribution in [0.4, 0.5) is 0 Å². The van der Waals surface area contributed by atoms with Crippen LogP contribution < -0.4 is 10.9 Å². The van der Waals surface area contributed by atoms with Gasteiger partial charge in [-0.05, 0) is 31.0 Å². The van der Waals surface area contributed by atoms with Crippen molar-refractivity contribution in [2.75, 3.05) is 0 Å². The highest BCUT2D eigenvalue weighted by molar-refractivity contribution is 7.14. The first kappa shape index (κ1) is 21.2. The number of carbonyl (C=O) groups is 3. The van der Waals surface area contributed by atoms with E-state index in [2.05, 4.69) is 20.3 Å². The van der Waals surface area contributed by atoms with Crippen LogP contribution >= 0.6 is 11.3 Å². The van der Waals surface area contributed by atoms with Crippen LogP contribution in [-0.2, 0) is 9.59 Å². The van der Waals surface area contributed by atoms with Gasteiger partial charge in [-0.1, -0.05) is 6.92 Å². The zero-order chi connectivity index (χ0) is 22.0. The van der Waals surface area contributed by atoms with Gasteiger partial charge in [0.15, 0.2) is 0 Å². The van der Waals surface area contributed by atoms with Gasteiger partial charge >= 0.3 is 11.9 Å². The molecule has 0 aliphatic carbocycles. The van der Waals surface area contributed by atoms with Gasteiger partial charge in [-0.3, -0.25) is 14.4 Å². The summed E-state index contributed by atoms with van der Waals surface area (Å²) in [6.07, 6.45) is 1.13. The average molecular weight is 432 g/mol. The normalized spacial score (nSPS) is 13.1. The molecule has 5 N–H and O–H groups in total. The van der Waals surface area contributed by atoms with Gasteiger partial charge in [0.05, 0.1) is 10.3 Å². The summed E-state index contributed by atoms with van der Waals surface area (Å²) in [7, 11) is 0.